The number of hydrazine groups is 1. The number of nitrogens with zero attached hydrogens (tertiary/aromatic N) is 1. The second-order valence-electron chi connectivity index (χ2n) is 7.85. The molecule has 1 aromatic carbocycles. The summed E-state index contributed by atoms with van der Waals surface area (Å²) in [6.07, 6.45) is 4.97. The first-order valence-electron chi connectivity index (χ1n) is 8.78. The van der Waals surface area contributed by atoms with Gasteiger partial charge < -0.3 is 10.2 Å². The minimum atomic E-state index is 0.304. The number of benzene rings is 1. The van der Waals surface area contributed by atoms with E-state index in [1.807, 2.05) is 24.3 Å². The first-order valence-corrected chi connectivity index (χ1v) is 9.66. The SMILES string of the molecule is COc1ccc(-c2csc(NNC3=C[C@]4(C)CC[C@@H]3C4(C)C)n2)cc1. The number of thiazole rings is 1. The van der Waals surface area contributed by atoms with Crippen molar-refractivity contribution in [1.82, 2.24) is 10.4 Å². The molecule has 1 aromatic heterocycles. The van der Waals surface area contributed by atoms with E-state index < -0.39 is 0 Å². The van der Waals surface area contributed by atoms with Crippen LogP contribution >= 0.6 is 11.3 Å². The van der Waals surface area contributed by atoms with Crippen molar-refractivity contribution < 1.29 is 4.74 Å². The highest BCUT2D eigenvalue weighted by molar-refractivity contribution is 7.14. The summed E-state index contributed by atoms with van der Waals surface area (Å²) in [6.45, 7) is 7.16. The predicted molar refractivity (Wildman–Crippen MR) is 104 cm³/mol. The van der Waals surface area contributed by atoms with E-state index in [9.17, 15) is 0 Å². The first-order chi connectivity index (χ1) is 11.9. The highest BCUT2D eigenvalue weighted by Crippen LogP contribution is 2.63. The number of anilines is 1. The van der Waals surface area contributed by atoms with Crippen LogP contribution in [0.4, 0.5) is 5.13 Å². The highest BCUT2D eigenvalue weighted by atomic mass is 32.1. The number of methoxy groups -OCH3 is 1. The molecule has 4 rings (SSSR count). The van der Waals surface area contributed by atoms with Gasteiger partial charge in [0.25, 0.3) is 0 Å². The zero-order valence-corrected chi connectivity index (χ0v) is 16.0. The Kier molecular flexibility index (Phi) is 3.80. The molecule has 0 spiro atoms. The molecule has 2 N–H and O–H groups in total. The van der Waals surface area contributed by atoms with Gasteiger partial charge >= 0.3 is 0 Å². The molecule has 2 bridgehead atoms. The monoisotopic (exact) mass is 355 g/mol. The number of hydrogen-bond acceptors (Lipinski definition) is 5. The summed E-state index contributed by atoms with van der Waals surface area (Å²) in [7, 11) is 1.68. The second-order valence-corrected chi connectivity index (χ2v) is 8.70. The fourth-order valence-corrected chi connectivity index (χ4v) is 4.92. The average Bonchev–Trinajstić information content (AvgIpc) is 3.22. The van der Waals surface area contributed by atoms with Crippen LogP contribution in [-0.2, 0) is 0 Å². The van der Waals surface area contributed by atoms with E-state index in [0.717, 1.165) is 22.1 Å². The number of aromatic nitrogens is 1. The molecule has 2 aliphatic carbocycles. The van der Waals surface area contributed by atoms with Crippen LogP contribution in [0.3, 0.4) is 0 Å². The van der Waals surface area contributed by atoms with Gasteiger partial charge in [0.15, 0.2) is 0 Å². The van der Waals surface area contributed by atoms with Crippen LogP contribution in [0.5, 0.6) is 5.75 Å². The zero-order chi connectivity index (χ0) is 17.7. The molecule has 0 saturated heterocycles. The van der Waals surface area contributed by atoms with Gasteiger partial charge in [-0.05, 0) is 47.9 Å². The fourth-order valence-electron chi connectivity index (χ4n) is 4.25. The Morgan fingerprint density at radius 1 is 1.16 bits per heavy atom. The van der Waals surface area contributed by atoms with Gasteiger partial charge in [0.2, 0.25) is 5.13 Å². The van der Waals surface area contributed by atoms with Gasteiger partial charge in [0.05, 0.1) is 12.8 Å². The molecule has 0 radical (unpaired) electrons. The largest absolute Gasteiger partial charge is 0.497 e. The van der Waals surface area contributed by atoms with E-state index in [1.54, 1.807) is 18.4 Å². The quantitative estimate of drug-likeness (QED) is 0.735. The van der Waals surface area contributed by atoms with Crippen LogP contribution in [0, 0.1) is 16.7 Å². The molecule has 4 nitrogen and oxygen atoms in total. The molecule has 2 aromatic rings. The molecule has 1 saturated carbocycles. The van der Waals surface area contributed by atoms with Crippen LogP contribution in [0.2, 0.25) is 0 Å². The molecule has 25 heavy (non-hydrogen) atoms. The van der Waals surface area contributed by atoms with Gasteiger partial charge in [-0.15, -0.1) is 11.3 Å². The maximum atomic E-state index is 5.21. The maximum Gasteiger partial charge on any atom is 0.202 e. The Morgan fingerprint density at radius 3 is 2.52 bits per heavy atom. The Balaban J connectivity index is 1.44. The molecular formula is C20H25N3OS. The summed E-state index contributed by atoms with van der Waals surface area (Å²) >= 11 is 1.61. The molecule has 1 fully saturated rings. The molecule has 0 amide bonds. The zero-order valence-electron chi connectivity index (χ0n) is 15.2. The summed E-state index contributed by atoms with van der Waals surface area (Å²) in [5, 5.41) is 2.96. The van der Waals surface area contributed by atoms with Crippen LogP contribution in [-0.4, -0.2) is 12.1 Å². The molecule has 2 atom stereocenters. The number of fused-ring (bicyclic) bond motifs is 2. The topological polar surface area (TPSA) is 46.2 Å². The van der Waals surface area contributed by atoms with E-state index in [2.05, 4.69) is 48.1 Å². The smallest absolute Gasteiger partial charge is 0.202 e. The molecular weight excluding hydrogens is 330 g/mol. The van der Waals surface area contributed by atoms with Crippen molar-refractivity contribution in [2.45, 2.75) is 33.6 Å². The van der Waals surface area contributed by atoms with Crippen molar-refractivity contribution in [2.75, 3.05) is 12.5 Å². The number of hydrogen-bond donors (Lipinski definition) is 2. The number of rotatable bonds is 5. The van der Waals surface area contributed by atoms with Crippen molar-refractivity contribution in [3.63, 3.8) is 0 Å². The van der Waals surface area contributed by atoms with E-state index in [0.29, 0.717) is 16.7 Å². The maximum absolute atomic E-state index is 5.21. The lowest BCUT2D eigenvalue weighted by Crippen LogP contribution is -2.30. The van der Waals surface area contributed by atoms with Gasteiger partial charge in [-0.25, -0.2) is 4.98 Å². The van der Waals surface area contributed by atoms with Crippen molar-refractivity contribution in [2.24, 2.45) is 16.7 Å². The van der Waals surface area contributed by atoms with Crippen molar-refractivity contribution in [3.8, 4) is 17.0 Å². The lowest BCUT2D eigenvalue weighted by molar-refractivity contribution is 0.178. The minimum Gasteiger partial charge on any atom is -0.497 e. The van der Waals surface area contributed by atoms with Gasteiger partial charge in [-0.1, -0.05) is 26.8 Å². The molecule has 0 aliphatic heterocycles. The van der Waals surface area contributed by atoms with Gasteiger partial charge in [-0.2, -0.15) is 0 Å². The Labute approximate surface area is 153 Å². The molecule has 2 aliphatic rings. The van der Waals surface area contributed by atoms with Gasteiger partial charge in [-0.3, -0.25) is 5.43 Å². The molecule has 5 heteroatoms. The van der Waals surface area contributed by atoms with Crippen molar-refractivity contribution in [1.29, 1.82) is 0 Å². The Hall–Kier alpha value is -2.01. The normalized spacial score (nSPS) is 26.4. The second kappa shape index (κ2) is 5.77. The number of nitrogens with one attached hydrogen (secondary N) is 2. The van der Waals surface area contributed by atoms with Gasteiger partial charge in [0.1, 0.15) is 5.75 Å². The summed E-state index contributed by atoms with van der Waals surface area (Å²) < 4.78 is 5.21. The first kappa shape index (κ1) is 16.5. The van der Waals surface area contributed by atoms with Crippen molar-refractivity contribution in [3.05, 3.63) is 41.4 Å². The number of allylic oxidation sites excluding steroid dienone is 2. The standard InChI is InChI=1S/C20H25N3OS/c1-19(2)15-9-10-20(19,3)11-16(15)22-23-18-21-17(12-25-18)13-5-7-14(24-4)8-6-13/h5-8,11-12,15,22H,9-10H2,1-4H3,(H,21,23)/t15-,20-/m0/s1. The highest BCUT2D eigenvalue weighted by Gasteiger charge is 2.56. The average molecular weight is 356 g/mol. The van der Waals surface area contributed by atoms with Crippen LogP contribution in [0.1, 0.15) is 33.6 Å². The van der Waals surface area contributed by atoms with Gasteiger partial charge in [0, 0.05) is 22.6 Å². The van der Waals surface area contributed by atoms with E-state index in [4.69, 9.17) is 4.74 Å². The fraction of sp³-hybridized carbons (Fsp3) is 0.450. The molecule has 0 unspecified atom stereocenters. The molecule has 132 valence electrons. The van der Waals surface area contributed by atoms with Crippen LogP contribution < -0.4 is 15.6 Å². The summed E-state index contributed by atoms with van der Waals surface area (Å²) in [6, 6.07) is 7.99. The van der Waals surface area contributed by atoms with E-state index >= 15 is 0 Å². The lowest BCUT2D eigenvalue weighted by Gasteiger charge is -2.33. The Morgan fingerprint density at radius 2 is 1.92 bits per heavy atom. The third-order valence-electron chi connectivity index (χ3n) is 6.35. The van der Waals surface area contributed by atoms with E-state index in [-0.39, 0.29) is 0 Å². The summed E-state index contributed by atoms with van der Waals surface area (Å²) in [5.74, 6) is 1.46. The summed E-state index contributed by atoms with van der Waals surface area (Å²) in [4.78, 5) is 4.69. The molecule has 1 heterocycles. The van der Waals surface area contributed by atoms with E-state index in [1.165, 1.54) is 18.5 Å². The minimum absolute atomic E-state index is 0.304. The van der Waals surface area contributed by atoms with Crippen LogP contribution in [0.25, 0.3) is 11.3 Å². The van der Waals surface area contributed by atoms with Crippen molar-refractivity contribution >= 4 is 16.5 Å². The number of ether oxygens (including phenoxy) is 1. The third kappa shape index (κ3) is 2.61. The summed E-state index contributed by atoms with van der Waals surface area (Å²) in [5.41, 5.74) is 10.8. The third-order valence-corrected chi connectivity index (χ3v) is 7.11. The lowest BCUT2D eigenvalue weighted by atomic mass is 9.70. The Bertz CT molecular complexity index is 809. The van der Waals surface area contributed by atoms with Crippen LogP contribution in [0.15, 0.2) is 41.4 Å². The predicted octanol–water partition coefficient (Wildman–Crippen LogP) is 5.08.